The lowest BCUT2D eigenvalue weighted by molar-refractivity contribution is 0.0521. The average molecular weight is 417 g/mol. The van der Waals surface area contributed by atoms with E-state index in [0.29, 0.717) is 18.6 Å². The van der Waals surface area contributed by atoms with Gasteiger partial charge in [0.05, 0.1) is 24.0 Å². The predicted octanol–water partition coefficient (Wildman–Crippen LogP) is 3.99. The average Bonchev–Trinajstić information content (AvgIpc) is 2.35. The summed E-state index contributed by atoms with van der Waals surface area (Å²) < 4.78 is 6.00. The van der Waals surface area contributed by atoms with Gasteiger partial charge in [-0.15, -0.1) is 0 Å². The maximum atomic E-state index is 12.4. The van der Waals surface area contributed by atoms with Crippen LogP contribution in [0.3, 0.4) is 0 Å². The molecular weight excluding hydrogens is 393 g/mol. The van der Waals surface area contributed by atoms with Gasteiger partial charge >= 0.3 is 5.97 Å². The second-order valence-electron chi connectivity index (χ2n) is 6.98. The first kappa shape index (κ1) is 17.7. The number of nitrogens with zero attached hydrogens (tertiary/aromatic N) is 1. The molecule has 5 heteroatoms. The molecule has 1 aromatic heterocycles. The van der Waals surface area contributed by atoms with E-state index in [2.05, 4.69) is 36.4 Å². The van der Waals surface area contributed by atoms with Crippen molar-refractivity contribution in [3.05, 3.63) is 26.1 Å². The minimum absolute atomic E-state index is 0.0161. The van der Waals surface area contributed by atoms with E-state index in [4.69, 9.17) is 9.72 Å². The van der Waals surface area contributed by atoms with E-state index in [1.165, 1.54) is 0 Å². The highest BCUT2D eigenvalue weighted by Crippen LogP contribution is 2.43. The molecule has 0 radical (unpaired) electrons. The van der Waals surface area contributed by atoms with Crippen molar-refractivity contribution in [3.63, 3.8) is 0 Å². The Hall–Kier alpha value is -0.690. The van der Waals surface area contributed by atoms with Crippen molar-refractivity contribution in [3.8, 4) is 0 Å². The van der Waals surface area contributed by atoms with Crippen LogP contribution in [-0.2, 0) is 11.2 Å². The van der Waals surface area contributed by atoms with Crippen LogP contribution in [0.15, 0.2) is 0 Å². The number of halogens is 1. The van der Waals surface area contributed by atoms with Gasteiger partial charge in [0.25, 0.3) is 0 Å². The van der Waals surface area contributed by atoms with Gasteiger partial charge in [-0.3, -0.25) is 4.98 Å². The normalized spacial score (nSPS) is 19.9. The minimum atomic E-state index is -0.576. The van der Waals surface area contributed by atoms with Gasteiger partial charge in [-0.05, 0) is 53.7 Å². The molecule has 1 unspecified atom stereocenters. The minimum Gasteiger partial charge on any atom is -0.462 e. The van der Waals surface area contributed by atoms with Crippen molar-refractivity contribution in [2.45, 2.75) is 59.5 Å². The van der Waals surface area contributed by atoms with Crippen LogP contribution < -0.4 is 0 Å². The first-order valence-corrected chi connectivity index (χ1v) is 8.83. The Balaban J connectivity index is 2.66. The summed E-state index contributed by atoms with van der Waals surface area (Å²) in [5.74, 6) is -0.219. The smallest absolute Gasteiger partial charge is 0.341 e. The molecule has 1 heterocycles. The third-order valence-electron chi connectivity index (χ3n) is 4.03. The molecule has 2 rings (SSSR count). The number of carbonyl (C=O) groups is 1. The summed E-state index contributed by atoms with van der Waals surface area (Å²) in [5, 5.41) is 10.5. The maximum absolute atomic E-state index is 12.4. The molecule has 1 atom stereocenters. The molecule has 0 aromatic carbocycles. The summed E-state index contributed by atoms with van der Waals surface area (Å²) in [6.07, 6.45) is 0.923. The lowest BCUT2D eigenvalue weighted by Crippen LogP contribution is -2.29. The Morgan fingerprint density at radius 1 is 1.50 bits per heavy atom. The van der Waals surface area contributed by atoms with Gasteiger partial charge < -0.3 is 9.84 Å². The molecule has 1 aromatic rings. The molecule has 1 aliphatic carbocycles. The van der Waals surface area contributed by atoms with Crippen LogP contribution in [0.1, 0.15) is 80.4 Å². The number of ether oxygens (including phenoxy) is 1. The standard InChI is InChI=1S/C17H24INO3/c1-6-22-16(21)13-14(18)12-10(19-15(13)9(2)3)7-17(4,5)8-11(12)20/h9,11,20H,6-8H2,1-5H3. The number of aliphatic hydroxyl groups is 1. The van der Waals surface area contributed by atoms with Crippen molar-refractivity contribution in [1.29, 1.82) is 0 Å². The number of carbonyl (C=O) groups excluding carboxylic acids is 1. The molecule has 1 aliphatic rings. The molecule has 0 fully saturated rings. The van der Waals surface area contributed by atoms with Crippen LogP contribution in [0.4, 0.5) is 0 Å². The van der Waals surface area contributed by atoms with Crippen LogP contribution in [0.25, 0.3) is 0 Å². The van der Waals surface area contributed by atoms with Crippen LogP contribution in [0.5, 0.6) is 0 Å². The Morgan fingerprint density at radius 3 is 2.68 bits per heavy atom. The number of aliphatic hydroxyl groups excluding tert-OH is 1. The van der Waals surface area contributed by atoms with Crippen molar-refractivity contribution in [2.75, 3.05) is 6.61 Å². The van der Waals surface area contributed by atoms with Crippen molar-refractivity contribution in [2.24, 2.45) is 5.41 Å². The summed E-state index contributed by atoms with van der Waals surface area (Å²) in [6.45, 7) is 10.5. The highest BCUT2D eigenvalue weighted by atomic mass is 127. The zero-order valence-electron chi connectivity index (χ0n) is 13.9. The Bertz CT molecular complexity index is 596. The lowest BCUT2D eigenvalue weighted by atomic mass is 9.74. The second-order valence-corrected chi connectivity index (χ2v) is 8.06. The fourth-order valence-corrected chi connectivity index (χ4v) is 4.24. The predicted molar refractivity (Wildman–Crippen MR) is 94.1 cm³/mol. The largest absolute Gasteiger partial charge is 0.462 e. The zero-order valence-corrected chi connectivity index (χ0v) is 16.0. The fraction of sp³-hybridized carbons (Fsp3) is 0.647. The number of hydrogen-bond donors (Lipinski definition) is 1. The van der Waals surface area contributed by atoms with E-state index < -0.39 is 6.10 Å². The number of esters is 1. The molecule has 22 heavy (non-hydrogen) atoms. The topological polar surface area (TPSA) is 59.4 Å². The Kier molecular flexibility index (Phi) is 5.16. The lowest BCUT2D eigenvalue weighted by Gasteiger charge is -2.35. The molecule has 1 N–H and O–H groups in total. The number of hydrogen-bond acceptors (Lipinski definition) is 4. The van der Waals surface area contributed by atoms with Crippen LogP contribution in [0, 0.1) is 8.99 Å². The Morgan fingerprint density at radius 2 is 2.14 bits per heavy atom. The first-order valence-electron chi connectivity index (χ1n) is 7.75. The van der Waals surface area contributed by atoms with Crippen molar-refractivity contribution < 1.29 is 14.6 Å². The maximum Gasteiger partial charge on any atom is 0.341 e. The van der Waals surface area contributed by atoms with E-state index in [1.54, 1.807) is 6.92 Å². The van der Waals surface area contributed by atoms with Crippen molar-refractivity contribution in [1.82, 2.24) is 4.98 Å². The van der Waals surface area contributed by atoms with E-state index >= 15 is 0 Å². The van der Waals surface area contributed by atoms with E-state index in [1.807, 2.05) is 13.8 Å². The number of fused-ring (bicyclic) bond motifs is 1. The van der Waals surface area contributed by atoms with Gasteiger partial charge in [0.2, 0.25) is 0 Å². The summed E-state index contributed by atoms with van der Waals surface area (Å²) in [5.41, 5.74) is 3.04. The quantitative estimate of drug-likeness (QED) is 0.597. The van der Waals surface area contributed by atoms with Gasteiger partial charge in [-0.25, -0.2) is 4.79 Å². The number of rotatable bonds is 3. The van der Waals surface area contributed by atoms with E-state index in [9.17, 15) is 9.90 Å². The molecular formula is C17H24INO3. The molecule has 0 spiro atoms. The van der Waals surface area contributed by atoms with Gasteiger partial charge in [0, 0.05) is 14.8 Å². The molecule has 122 valence electrons. The number of aromatic nitrogens is 1. The molecule has 0 aliphatic heterocycles. The summed E-state index contributed by atoms with van der Waals surface area (Å²) in [7, 11) is 0. The monoisotopic (exact) mass is 417 g/mol. The van der Waals surface area contributed by atoms with Gasteiger partial charge in [-0.1, -0.05) is 27.7 Å². The van der Waals surface area contributed by atoms with Gasteiger partial charge in [-0.2, -0.15) is 0 Å². The molecule has 0 bridgehead atoms. The molecule has 0 saturated heterocycles. The van der Waals surface area contributed by atoms with Crippen LogP contribution in [-0.4, -0.2) is 22.7 Å². The highest BCUT2D eigenvalue weighted by molar-refractivity contribution is 14.1. The third-order valence-corrected chi connectivity index (χ3v) is 5.15. The van der Waals surface area contributed by atoms with Crippen molar-refractivity contribution >= 4 is 28.6 Å². The SMILES string of the molecule is CCOC(=O)c1c(C(C)C)nc2c(c1I)C(O)CC(C)(C)C2. The zero-order chi connectivity index (χ0) is 16.7. The molecule has 4 nitrogen and oxygen atoms in total. The first-order chi connectivity index (χ1) is 10.2. The summed E-state index contributed by atoms with van der Waals surface area (Å²) >= 11 is 2.16. The van der Waals surface area contributed by atoms with Crippen LogP contribution >= 0.6 is 22.6 Å². The summed E-state index contributed by atoms with van der Waals surface area (Å²) in [6, 6.07) is 0. The van der Waals surface area contributed by atoms with Crippen LogP contribution in [0.2, 0.25) is 0 Å². The van der Waals surface area contributed by atoms with Gasteiger partial charge in [0.1, 0.15) is 0 Å². The summed E-state index contributed by atoms with van der Waals surface area (Å²) in [4.78, 5) is 17.1. The second kappa shape index (κ2) is 6.43. The molecule has 0 saturated carbocycles. The van der Waals surface area contributed by atoms with E-state index in [0.717, 1.165) is 26.9 Å². The Labute approximate surface area is 145 Å². The fourth-order valence-electron chi connectivity index (χ4n) is 3.07. The van der Waals surface area contributed by atoms with E-state index in [-0.39, 0.29) is 17.3 Å². The highest BCUT2D eigenvalue weighted by Gasteiger charge is 2.36. The number of pyridine rings is 1. The molecule has 0 amide bonds. The third kappa shape index (κ3) is 3.30. The van der Waals surface area contributed by atoms with Gasteiger partial charge in [0.15, 0.2) is 0 Å².